The molecule has 1 unspecified atom stereocenters. The standard InChI is InChI=1S/C11H21N3O/c15-11(14-9-3-4-9)5-7-12-8-10-2-1-6-13-10/h9-10,12-13H,1-8H2,(H,14,15). The average Bonchev–Trinajstić information content (AvgIpc) is 2.87. The predicted octanol–water partition coefficient (Wildman–Crippen LogP) is -0.00330. The normalized spacial score (nSPS) is 25.5. The van der Waals surface area contributed by atoms with E-state index < -0.39 is 0 Å². The zero-order chi connectivity index (χ0) is 10.5. The molecule has 1 atom stereocenters. The molecular formula is C11H21N3O. The molecule has 1 saturated carbocycles. The molecule has 0 spiro atoms. The predicted molar refractivity (Wildman–Crippen MR) is 59.7 cm³/mol. The second kappa shape index (κ2) is 5.47. The topological polar surface area (TPSA) is 53.2 Å². The molecule has 4 nitrogen and oxygen atoms in total. The van der Waals surface area contributed by atoms with E-state index in [4.69, 9.17) is 0 Å². The number of rotatable bonds is 6. The SMILES string of the molecule is O=C(CCNCC1CCCN1)NC1CC1. The first-order valence-electron chi connectivity index (χ1n) is 6.08. The minimum absolute atomic E-state index is 0.199. The van der Waals surface area contributed by atoms with E-state index in [1.54, 1.807) is 0 Å². The van der Waals surface area contributed by atoms with Crippen LogP contribution in [0.2, 0.25) is 0 Å². The van der Waals surface area contributed by atoms with Gasteiger partial charge in [-0.2, -0.15) is 0 Å². The summed E-state index contributed by atoms with van der Waals surface area (Å²) in [5.41, 5.74) is 0. The smallest absolute Gasteiger partial charge is 0.221 e. The first kappa shape index (κ1) is 10.9. The summed E-state index contributed by atoms with van der Waals surface area (Å²) in [5.74, 6) is 0.199. The van der Waals surface area contributed by atoms with Crippen molar-refractivity contribution in [1.29, 1.82) is 0 Å². The Bertz CT molecular complexity index is 210. The fourth-order valence-corrected chi connectivity index (χ4v) is 1.94. The molecule has 1 saturated heterocycles. The van der Waals surface area contributed by atoms with Crippen molar-refractivity contribution < 1.29 is 4.79 Å². The molecule has 0 aromatic heterocycles. The van der Waals surface area contributed by atoms with Gasteiger partial charge in [-0.3, -0.25) is 4.79 Å². The summed E-state index contributed by atoms with van der Waals surface area (Å²) < 4.78 is 0. The molecule has 1 aliphatic carbocycles. The van der Waals surface area contributed by atoms with E-state index in [2.05, 4.69) is 16.0 Å². The average molecular weight is 211 g/mol. The lowest BCUT2D eigenvalue weighted by Crippen LogP contribution is -2.36. The Hall–Kier alpha value is -0.610. The molecule has 1 amide bonds. The third-order valence-corrected chi connectivity index (χ3v) is 3.02. The highest BCUT2D eigenvalue weighted by atomic mass is 16.1. The first-order valence-corrected chi connectivity index (χ1v) is 6.08. The quantitative estimate of drug-likeness (QED) is 0.542. The van der Waals surface area contributed by atoms with E-state index in [1.807, 2.05) is 0 Å². The van der Waals surface area contributed by atoms with Crippen LogP contribution < -0.4 is 16.0 Å². The number of hydrogen-bond donors (Lipinski definition) is 3. The Labute approximate surface area is 91.2 Å². The first-order chi connectivity index (χ1) is 7.34. The number of carbonyl (C=O) groups excluding carboxylic acids is 1. The van der Waals surface area contributed by atoms with Crippen molar-refractivity contribution in [2.45, 2.75) is 44.2 Å². The molecule has 86 valence electrons. The Morgan fingerprint density at radius 2 is 2.20 bits per heavy atom. The van der Waals surface area contributed by atoms with Crippen molar-refractivity contribution >= 4 is 5.91 Å². The summed E-state index contributed by atoms with van der Waals surface area (Å²) >= 11 is 0. The van der Waals surface area contributed by atoms with Gasteiger partial charge in [0.2, 0.25) is 5.91 Å². The van der Waals surface area contributed by atoms with Gasteiger partial charge < -0.3 is 16.0 Å². The van der Waals surface area contributed by atoms with Gasteiger partial charge in [-0.1, -0.05) is 0 Å². The summed E-state index contributed by atoms with van der Waals surface area (Å²) in [5, 5.41) is 9.74. The molecule has 2 rings (SSSR count). The van der Waals surface area contributed by atoms with Crippen molar-refractivity contribution in [3.05, 3.63) is 0 Å². The lowest BCUT2D eigenvalue weighted by atomic mass is 10.2. The molecule has 0 bridgehead atoms. The summed E-state index contributed by atoms with van der Waals surface area (Å²) in [6, 6.07) is 1.12. The van der Waals surface area contributed by atoms with E-state index in [0.29, 0.717) is 18.5 Å². The third kappa shape index (κ3) is 4.18. The van der Waals surface area contributed by atoms with E-state index in [0.717, 1.165) is 19.6 Å². The van der Waals surface area contributed by atoms with E-state index >= 15 is 0 Å². The Kier molecular flexibility index (Phi) is 3.97. The zero-order valence-electron chi connectivity index (χ0n) is 9.22. The van der Waals surface area contributed by atoms with Crippen molar-refractivity contribution in [3.63, 3.8) is 0 Å². The van der Waals surface area contributed by atoms with E-state index in [-0.39, 0.29) is 5.91 Å². The van der Waals surface area contributed by atoms with Crippen molar-refractivity contribution in [2.75, 3.05) is 19.6 Å². The van der Waals surface area contributed by atoms with Gasteiger partial charge in [-0.15, -0.1) is 0 Å². The van der Waals surface area contributed by atoms with Crippen LogP contribution in [0.15, 0.2) is 0 Å². The molecule has 3 N–H and O–H groups in total. The molecule has 1 aliphatic heterocycles. The molecule has 0 aromatic rings. The Balaban J connectivity index is 1.44. The largest absolute Gasteiger partial charge is 0.353 e. The third-order valence-electron chi connectivity index (χ3n) is 3.02. The van der Waals surface area contributed by atoms with Gasteiger partial charge in [0.15, 0.2) is 0 Å². The van der Waals surface area contributed by atoms with Gasteiger partial charge in [-0.05, 0) is 32.2 Å². The minimum Gasteiger partial charge on any atom is -0.353 e. The second-order valence-electron chi connectivity index (χ2n) is 4.59. The monoisotopic (exact) mass is 211 g/mol. The Morgan fingerprint density at radius 1 is 1.33 bits per heavy atom. The number of nitrogens with one attached hydrogen (secondary N) is 3. The van der Waals surface area contributed by atoms with Gasteiger partial charge in [0.25, 0.3) is 0 Å². The van der Waals surface area contributed by atoms with E-state index in [9.17, 15) is 4.79 Å². The highest BCUT2D eigenvalue weighted by Gasteiger charge is 2.22. The van der Waals surface area contributed by atoms with Crippen LogP contribution >= 0.6 is 0 Å². The summed E-state index contributed by atoms with van der Waals surface area (Å²) in [6.07, 6.45) is 5.51. The van der Waals surface area contributed by atoms with Gasteiger partial charge in [0, 0.05) is 31.6 Å². The minimum atomic E-state index is 0.199. The summed E-state index contributed by atoms with van der Waals surface area (Å²) in [4.78, 5) is 11.3. The van der Waals surface area contributed by atoms with Crippen molar-refractivity contribution in [1.82, 2.24) is 16.0 Å². The maximum absolute atomic E-state index is 11.3. The van der Waals surface area contributed by atoms with Crippen LogP contribution in [0.4, 0.5) is 0 Å². The molecule has 15 heavy (non-hydrogen) atoms. The highest BCUT2D eigenvalue weighted by Crippen LogP contribution is 2.18. The van der Waals surface area contributed by atoms with Crippen LogP contribution in [0.1, 0.15) is 32.1 Å². The van der Waals surface area contributed by atoms with Gasteiger partial charge in [0.05, 0.1) is 0 Å². The highest BCUT2D eigenvalue weighted by molar-refractivity contribution is 5.76. The fraction of sp³-hybridized carbons (Fsp3) is 0.909. The van der Waals surface area contributed by atoms with Crippen LogP contribution in [-0.2, 0) is 4.79 Å². The molecule has 2 fully saturated rings. The van der Waals surface area contributed by atoms with Crippen molar-refractivity contribution in [3.8, 4) is 0 Å². The second-order valence-corrected chi connectivity index (χ2v) is 4.59. The van der Waals surface area contributed by atoms with Gasteiger partial charge in [0.1, 0.15) is 0 Å². The molecule has 2 aliphatic rings. The lowest BCUT2D eigenvalue weighted by Gasteiger charge is -2.11. The van der Waals surface area contributed by atoms with Crippen LogP contribution in [0, 0.1) is 0 Å². The molecule has 1 heterocycles. The van der Waals surface area contributed by atoms with Crippen LogP contribution in [0.25, 0.3) is 0 Å². The molecule has 4 heteroatoms. The maximum Gasteiger partial charge on any atom is 0.221 e. The van der Waals surface area contributed by atoms with E-state index in [1.165, 1.54) is 25.7 Å². The number of amides is 1. The molecular weight excluding hydrogens is 190 g/mol. The number of hydrogen-bond acceptors (Lipinski definition) is 3. The van der Waals surface area contributed by atoms with Crippen LogP contribution in [0.3, 0.4) is 0 Å². The molecule has 0 radical (unpaired) electrons. The molecule has 0 aromatic carbocycles. The maximum atomic E-state index is 11.3. The fourth-order valence-electron chi connectivity index (χ4n) is 1.94. The zero-order valence-corrected chi connectivity index (χ0v) is 9.22. The van der Waals surface area contributed by atoms with Gasteiger partial charge >= 0.3 is 0 Å². The van der Waals surface area contributed by atoms with Gasteiger partial charge in [-0.25, -0.2) is 0 Å². The van der Waals surface area contributed by atoms with Crippen molar-refractivity contribution in [2.24, 2.45) is 0 Å². The number of carbonyl (C=O) groups is 1. The Morgan fingerprint density at radius 3 is 2.87 bits per heavy atom. The van der Waals surface area contributed by atoms with Crippen LogP contribution in [0.5, 0.6) is 0 Å². The summed E-state index contributed by atoms with van der Waals surface area (Å²) in [7, 11) is 0. The van der Waals surface area contributed by atoms with Crippen LogP contribution in [-0.4, -0.2) is 37.6 Å². The lowest BCUT2D eigenvalue weighted by molar-refractivity contribution is -0.121. The summed E-state index contributed by atoms with van der Waals surface area (Å²) in [6.45, 7) is 2.95.